The Bertz CT molecular complexity index is 515. The summed E-state index contributed by atoms with van der Waals surface area (Å²) in [7, 11) is 0. The zero-order valence-electron chi connectivity index (χ0n) is 12.2. The first-order valence-electron chi connectivity index (χ1n) is 6.92. The van der Waals surface area contributed by atoms with Gasteiger partial charge in [0.05, 0.1) is 13.1 Å². The Morgan fingerprint density at radius 1 is 1.33 bits per heavy atom. The molecule has 0 aliphatic heterocycles. The molecule has 114 valence electrons. The van der Waals surface area contributed by atoms with E-state index >= 15 is 0 Å². The lowest BCUT2D eigenvalue weighted by atomic mass is 9.96. The standard InChI is InChI=1S/C16H20FN3.HI/c1-3-11-19-15(18-4-2)20-12-16(9-10-16)13-5-7-14(17)8-6-13;/h1,5-8H,4,9-12H2,2H3,(H2,18,19,20);1H. The van der Waals surface area contributed by atoms with Gasteiger partial charge in [0.25, 0.3) is 0 Å². The Kier molecular flexibility index (Phi) is 6.96. The van der Waals surface area contributed by atoms with Crippen molar-refractivity contribution < 1.29 is 4.39 Å². The van der Waals surface area contributed by atoms with Gasteiger partial charge in [0.1, 0.15) is 5.82 Å². The van der Waals surface area contributed by atoms with Gasteiger partial charge >= 0.3 is 0 Å². The summed E-state index contributed by atoms with van der Waals surface area (Å²) < 4.78 is 13.0. The number of nitrogens with zero attached hydrogens (tertiary/aromatic N) is 1. The van der Waals surface area contributed by atoms with Crippen LogP contribution in [0, 0.1) is 18.2 Å². The molecule has 1 aliphatic rings. The van der Waals surface area contributed by atoms with Crippen molar-refractivity contribution in [2.45, 2.75) is 25.2 Å². The molecule has 5 heteroatoms. The normalized spacial score (nSPS) is 15.6. The van der Waals surface area contributed by atoms with Crippen LogP contribution in [0.15, 0.2) is 29.3 Å². The number of rotatable bonds is 5. The van der Waals surface area contributed by atoms with E-state index in [2.05, 4.69) is 21.5 Å². The van der Waals surface area contributed by atoms with E-state index in [4.69, 9.17) is 6.42 Å². The summed E-state index contributed by atoms with van der Waals surface area (Å²) in [4.78, 5) is 4.59. The van der Waals surface area contributed by atoms with E-state index in [1.807, 2.05) is 19.1 Å². The number of aliphatic imine (C=N–C) groups is 1. The topological polar surface area (TPSA) is 36.4 Å². The van der Waals surface area contributed by atoms with Gasteiger partial charge < -0.3 is 10.6 Å². The summed E-state index contributed by atoms with van der Waals surface area (Å²) in [5.74, 6) is 3.07. The molecule has 0 saturated heterocycles. The first kappa shape index (κ1) is 17.8. The molecule has 1 aromatic rings. The molecule has 1 fully saturated rings. The zero-order chi connectivity index (χ0) is 14.4. The highest BCUT2D eigenvalue weighted by molar-refractivity contribution is 14.0. The number of nitrogens with one attached hydrogen (secondary N) is 2. The maximum Gasteiger partial charge on any atom is 0.192 e. The second-order valence-electron chi connectivity index (χ2n) is 5.04. The van der Waals surface area contributed by atoms with E-state index in [1.165, 1.54) is 12.1 Å². The molecule has 0 bridgehead atoms. The number of guanidine groups is 1. The van der Waals surface area contributed by atoms with Crippen molar-refractivity contribution in [2.75, 3.05) is 19.6 Å². The van der Waals surface area contributed by atoms with Gasteiger partial charge in [-0.05, 0) is 37.5 Å². The molecule has 1 saturated carbocycles. The first-order chi connectivity index (χ1) is 9.70. The van der Waals surface area contributed by atoms with Crippen LogP contribution in [0.2, 0.25) is 0 Å². The summed E-state index contributed by atoms with van der Waals surface area (Å²) >= 11 is 0. The van der Waals surface area contributed by atoms with Crippen molar-refractivity contribution in [1.82, 2.24) is 10.6 Å². The van der Waals surface area contributed by atoms with E-state index in [9.17, 15) is 4.39 Å². The smallest absolute Gasteiger partial charge is 0.192 e. The van der Waals surface area contributed by atoms with Gasteiger partial charge in [-0.25, -0.2) is 4.39 Å². The molecule has 2 N–H and O–H groups in total. The second kappa shape index (κ2) is 8.23. The van der Waals surface area contributed by atoms with Crippen LogP contribution >= 0.6 is 24.0 Å². The van der Waals surface area contributed by atoms with E-state index in [-0.39, 0.29) is 35.2 Å². The second-order valence-corrected chi connectivity index (χ2v) is 5.04. The first-order valence-corrected chi connectivity index (χ1v) is 6.92. The summed E-state index contributed by atoms with van der Waals surface area (Å²) in [6.45, 7) is 3.95. The molecule has 2 rings (SSSR count). The summed E-state index contributed by atoms with van der Waals surface area (Å²) in [5.41, 5.74) is 1.24. The van der Waals surface area contributed by atoms with Gasteiger partial charge in [-0.2, -0.15) is 0 Å². The SMILES string of the molecule is C#CCNC(=NCC1(c2ccc(F)cc2)CC1)NCC.I. The third-order valence-electron chi connectivity index (χ3n) is 3.55. The Balaban J connectivity index is 0.00000220. The summed E-state index contributed by atoms with van der Waals surface area (Å²) in [6, 6.07) is 6.75. The Morgan fingerprint density at radius 3 is 2.52 bits per heavy atom. The van der Waals surface area contributed by atoms with Gasteiger partial charge in [0.15, 0.2) is 5.96 Å². The average molecular weight is 401 g/mol. The third-order valence-corrected chi connectivity index (χ3v) is 3.55. The monoisotopic (exact) mass is 401 g/mol. The number of hydrogen-bond donors (Lipinski definition) is 2. The van der Waals surface area contributed by atoms with Crippen LogP contribution in [-0.4, -0.2) is 25.6 Å². The fourth-order valence-electron chi connectivity index (χ4n) is 2.20. The number of halogens is 2. The van der Waals surface area contributed by atoms with Crippen LogP contribution < -0.4 is 10.6 Å². The van der Waals surface area contributed by atoms with Crippen LogP contribution in [-0.2, 0) is 5.41 Å². The zero-order valence-corrected chi connectivity index (χ0v) is 14.5. The maximum absolute atomic E-state index is 13.0. The molecular formula is C16H21FIN3. The minimum Gasteiger partial charge on any atom is -0.357 e. The molecule has 1 aliphatic carbocycles. The summed E-state index contributed by atoms with van der Waals surface area (Å²) in [5, 5.41) is 6.24. The molecule has 0 radical (unpaired) electrons. The van der Waals surface area contributed by atoms with Crippen LogP contribution in [0.4, 0.5) is 4.39 Å². The molecule has 0 unspecified atom stereocenters. The van der Waals surface area contributed by atoms with Crippen molar-refractivity contribution in [3.63, 3.8) is 0 Å². The third kappa shape index (κ3) is 4.88. The highest BCUT2D eigenvalue weighted by Gasteiger charge is 2.44. The number of benzene rings is 1. The van der Waals surface area contributed by atoms with Crippen LogP contribution in [0.25, 0.3) is 0 Å². The molecule has 0 spiro atoms. The minimum absolute atomic E-state index is 0. The largest absolute Gasteiger partial charge is 0.357 e. The van der Waals surface area contributed by atoms with E-state index in [0.717, 1.165) is 30.9 Å². The Morgan fingerprint density at radius 2 is 2.00 bits per heavy atom. The van der Waals surface area contributed by atoms with E-state index < -0.39 is 0 Å². The Labute approximate surface area is 142 Å². The van der Waals surface area contributed by atoms with Gasteiger partial charge in [-0.3, -0.25) is 4.99 Å². The molecule has 21 heavy (non-hydrogen) atoms. The van der Waals surface area contributed by atoms with Crippen LogP contribution in [0.3, 0.4) is 0 Å². The number of hydrogen-bond acceptors (Lipinski definition) is 1. The maximum atomic E-state index is 13.0. The van der Waals surface area contributed by atoms with Crippen molar-refractivity contribution in [2.24, 2.45) is 4.99 Å². The van der Waals surface area contributed by atoms with Gasteiger partial charge in [0, 0.05) is 12.0 Å². The molecule has 0 amide bonds. The predicted octanol–water partition coefficient (Wildman–Crippen LogP) is 2.66. The van der Waals surface area contributed by atoms with Crippen molar-refractivity contribution in [1.29, 1.82) is 0 Å². The highest BCUT2D eigenvalue weighted by Crippen LogP contribution is 2.48. The molecule has 0 heterocycles. The lowest BCUT2D eigenvalue weighted by Crippen LogP contribution is -2.38. The summed E-state index contributed by atoms with van der Waals surface area (Å²) in [6.07, 6.45) is 7.43. The van der Waals surface area contributed by atoms with Gasteiger partial charge in [0.2, 0.25) is 0 Å². The molecular weight excluding hydrogens is 380 g/mol. The van der Waals surface area contributed by atoms with Crippen molar-refractivity contribution in [3.8, 4) is 12.3 Å². The van der Waals surface area contributed by atoms with Crippen LogP contribution in [0.5, 0.6) is 0 Å². The van der Waals surface area contributed by atoms with Gasteiger partial charge in [-0.1, -0.05) is 18.1 Å². The molecule has 0 atom stereocenters. The van der Waals surface area contributed by atoms with E-state index in [0.29, 0.717) is 13.1 Å². The van der Waals surface area contributed by atoms with Crippen molar-refractivity contribution in [3.05, 3.63) is 35.6 Å². The molecule has 0 aromatic heterocycles. The highest BCUT2D eigenvalue weighted by atomic mass is 127. The Hall–Kier alpha value is -1.29. The van der Waals surface area contributed by atoms with Crippen LogP contribution in [0.1, 0.15) is 25.3 Å². The molecule has 1 aromatic carbocycles. The predicted molar refractivity (Wildman–Crippen MR) is 95.5 cm³/mol. The molecule has 3 nitrogen and oxygen atoms in total. The quantitative estimate of drug-likeness (QED) is 0.345. The lowest BCUT2D eigenvalue weighted by Gasteiger charge is -2.15. The fraction of sp³-hybridized carbons (Fsp3) is 0.438. The fourth-order valence-corrected chi connectivity index (χ4v) is 2.20. The average Bonchev–Trinajstić information content (AvgIpc) is 3.24. The van der Waals surface area contributed by atoms with E-state index in [1.54, 1.807) is 0 Å². The minimum atomic E-state index is -0.197. The lowest BCUT2D eigenvalue weighted by molar-refractivity contribution is 0.623. The van der Waals surface area contributed by atoms with Crippen molar-refractivity contribution >= 4 is 29.9 Å². The van der Waals surface area contributed by atoms with Gasteiger partial charge in [-0.15, -0.1) is 30.4 Å². The number of terminal acetylenes is 1.